The van der Waals surface area contributed by atoms with Crippen LogP contribution in [-0.2, 0) is 10.8 Å². The van der Waals surface area contributed by atoms with Crippen molar-refractivity contribution in [2.45, 2.75) is 45.0 Å². The molecule has 1 aliphatic heterocycles. The summed E-state index contributed by atoms with van der Waals surface area (Å²) in [5, 5.41) is -0.404. The van der Waals surface area contributed by atoms with Crippen LogP contribution in [0.1, 0.15) is 44.1 Å². The first-order valence-corrected chi connectivity index (χ1v) is 12.5. The monoisotopic (exact) mass is 448 g/mol. The largest absolute Gasteiger partial charge is 0.299 e. The molecule has 3 rings (SSSR count). The number of halogens is 2. The van der Waals surface area contributed by atoms with Gasteiger partial charge in [0.15, 0.2) is 0 Å². The van der Waals surface area contributed by atoms with Crippen molar-refractivity contribution in [1.82, 2.24) is 9.80 Å². The Kier molecular flexibility index (Phi) is 8.36. The Morgan fingerprint density at radius 3 is 1.77 bits per heavy atom. The topological polar surface area (TPSA) is 23.6 Å². The van der Waals surface area contributed by atoms with Gasteiger partial charge in [-0.1, -0.05) is 38.1 Å². The zero-order valence-corrected chi connectivity index (χ0v) is 19.7. The van der Waals surface area contributed by atoms with Gasteiger partial charge < -0.3 is 0 Å². The van der Waals surface area contributed by atoms with Gasteiger partial charge in [-0.25, -0.2) is 8.78 Å². The second-order valence-corrected chi connectivity index (χ2v) is 10.8. The zero-order chi connectivity index (χ0) is 22.5. The fourth-order valence-corrected chi connectivity index (χ4v) is 6.13. The summed E-state index contributed by atoms with van der Waals surface area (Å²) in [4.78, 5) is 4.97. The van der Waals surface area contributed by atoms with E-state index in [1.165, 1.54) is 24.3 Å². The molecule has 0 aromatic heterocycles. The van der Waals surface area contributed by atoms with Crippen molar-refractivity contribution in [3.63, 3.8) is 0 Å². The third-order valence-electron chi connectivity index (χ3n) is 5.97. The smallest absolute Gasteiger partial charge is 0.123 e. The highest BCUT2D eigenvalue weighted by Crippen LogP contribution is 2.29. The summed E-state index contributed by atoms with van der Waals surface area (Å²) in [6, 6.07) is 13.2. The van der Waals surface area contributed by atoms with Gasteiger partial charge in [-0.3, -0.25) is 14.0 Å². The molecule has 31 heavy (non-hydrogen) atoms. The average Bonchev–Trinajstić information content (AvgIpc) is 2.72. The molecular weight excluding hydrogens is 414 g/mol. The SMILES string of the molecule is CC(C)CN1[C@H](C)CN(CCS(=O)C(c2ccc(F)cc2)c2ccc(F)cc2)C[C@@H]1C. The molecule has 0 bridgehead atoms. The molecule has 0 amide bonds. The molecular formula is C25H34F2N2OS. The minimum Gasteiger partial charge on any atom is -0.299 e. The van der Waals surface area contributed by atoms with Crippen LogP contribution in [0.4, 0.5) is 8.78 Å². The Bertz CT molecular complexity index is 799. The first-order valence-electron chi connectivity index (χ1n) is 11.1. The second kappa shape index (κ2) is 10.8. The Labute approximate surface area is 187 Å². The molecule has 1 saturated heterocycles. The van der Waals surface area contributed by atoms with Crippen LogP contribution in [0.15, 0.2) is 48.5 Å². The van der Waals surface area contributed by atoms with Crippen molar-refractivity contribution < 1.29 is 13.0 Å². The normalized spacial score (nSPS) is 21.7. The standard InChI is InChI=1S/C25H34F2N2OS/c1-18(2)15-29-19(3)16-28(17-20(29)4)13-14-31(30)25(21-5-9-23(26)10-6-21)22-7-11-24(27)12-8-22/h5-12,18-20,25H,13-17H2,1-4H3/t19-,20+,31?. The lowest BCUT2D eigenvalue weighted by Gasteiger charge is -2.45. The number of hydrogen-bond donors (Lipinski definition) is 0. The van der Waals surface area contributed by atoms with Crippen LogP contribution >= 0.6 is 0 Å². The molecule has 3 atom stereocenters. The fourth-order valence-electron chi connectivity index (χ4n) is 4.54. The summed E-state index contributed by atoms with van der Waals surface area (Å²) in [6.07, 6.45) is 0. The maximum Gasteiger partial charge on any atom is 0.123 e. The Hall–Kier alpha value is -1.63. The van der Waals surface area contributed by atoms with E-state index in [0.29, 0.717) is 23.8 Å². The van der Waals surface area contributed by atoms with Crippen LogP contribution in [0, 0.1) is 17.6 Å². The van der Waals surface area contributed by atoms with E-state index in [2.05, 4.69) is 37.5 Å². The van der Waals surface area contributed by atoms with Gasteiger partial charge in [0.05, 0.1) is 5.25 Å². The molecule has 1 unspecified atom stereocenters. The number of nitrogens with zero attached hydrogens (tertiary/aromatic N) is 2. The third kappa shape index (κ3) is 6.43. The van der Waals surface area contributed by atoms with E-state index in [1.807, 2.05) is 0 Å². The van der Waals surface area contributed by atoms with Gasteiger partial charge in [0.25, 0.3) is 0 Å². The highest BCUT2D eigenvalue weighted by atomic mass is 32.2. The van der Waals surface area contributed by atoms with Gasteiger partial charge in [-0.2, -0.15) is 0 Å². The average molecular weight is 449 g/mol. The lowest BCUT2D eigenvalue weighted by molar-refractivity contribution is 0.0338. The van der Waals surface area contributed by atoms with Crippen LogP contribution in [-0.4, -0.2) is 58.0 Å². The van der Waals surface area contributed by atoms with E-state index in [1.54, 1.807) is 24.3 Å². The summed E-state index contributed by atoms with van der Waals surface area (Å²) in [5.74, 6) is 0.503. The molecule has 2 aromatic rings. The summed E-state index contributed by atoms with van der Waals surface area (Å²) in [7, 11) is -1.22. The van der Waals surface area contributed by atoms with Gasteiger partial charge in [0, 0.05) is 54.8 Å². The van der Waals surface area contributed by atoms with E-state index in [0.717, 1.165) is 37.3 Å². The Balaban J connectivity index is 1.70. The second-order valence-electron chi connectivity index (χ2n) is 9.12. The van der Waals surface area contributed by atoms with Gasteiger partial charge >= 0.3 is 0 Å². The lowest BCUT2D eigenvalue weighted by Crippen LogP contribution is -2.57. The molecule has 0 spiro atoms. The number of rotatable bonds is 8. The van der Waals surface area contributed by atoms with Crippen molar-refractivity contribution in [1.29, 1.82) is 0 Å². The van der Waals surface area contributed by atoms with E-state index in [-0.39, 0.29) is 11.6 Å². The molecule has 1 fully saturated rings. The molecule has 0 N–H and O–H groups in total. The summed E-state index contributed by atoms with van der Waals surface area (Å²) < 4.78 is 40.3. The van der Waals surface area contributed by atoms with Crippen molar-refractivity contribution >= 4 is 10.8 Å². The molecule has 0 aliphatic carbocycles. The maximum atomic E-state index is 13.4. The minimum absolute atomic E-state index is 0.324. The van der Waals surface area contributed by atoms with Gasteiger partial charge in [0.2, 0.25) is 0 Å². The molecule has 170 valence electrons. The predicted octanol–water partition coefficient (Wildman–Crippen LogP) is 4.85. The van der Waals surface area contributed by atoms with Gasteiger partial charge in [0.1, 0.15) is 11.6 Å². The molecule has 1 heterocycles. The quantitative estimate of drug-likeness (QED) is 0.577. The first-order chi connectivity index (χ1) is 14.7. The minimum atomic E-state index is -1.22. The first kappa shape index (κ1) is 24.0. The predicted molar refractivity (Wildman–Crippen MR) is 125 cm³/mol. The van der Waals surface area contributed by atoms with Crippen LogP contribution in [0.25, 0.3) is 0 Å². The van der Waals surface area contributed by atoms with E-state index in [9.17, 15) is 13.0 Å². The fraction of sp³-hybridized carbons (Fsp3) is 0.520. The highest BCUT2D eigenvalue weighted by Gasteiger charge is 2.30. The number of hydrogen-bond acceptors (Lipinski definition) is 3. The van der Waals surface area contributed by atoms with E-state index >= 15 is 0 Å². The summed E-state index contributed by atoms with van der Waals surface area (Å²) in [6.45, 7) is 12.8. The van der Waals surface area contributed by atoms with Crippen molar-refractivity contribution in [2.75, 3.05) is 31.9 Å². The van der Waals surface area contributed by atoms with Crippen LogP contribution in [0.2, 0.25) is 0 Å². The lowest BCUT2D eigenvalue weighted by atomic mass is 10.0. The van der Waals surface area contributed by atoms with Crippen LogP contribution < -0.4 is 0 Å². The zero-order valence-electron chi connectivity index (χ0n) is 18.9. The van der Waals surface area contributed by atoms with Gasteiger partial charge in [-0.05, 0) is 55.2 Å². The van der Waals surface area contributed by atoms with Crippen molar-refractivity contribution in [2.24, 2.45) is 5.92 Å². The maximum absolute atomic E-state index is 13.4. The Morgan fingerprint density at radius 2 is 1.35 bits per heavy atom. The molecule has 1 aliphatic rings. The van der Waals surface area contributed by atoms with Crippen molar-refractivity contribution in [3.05, 3.63) is 71.3 Å². The summed E-state index contributed by atoms with van der Waals surface area (Å²) in [5.41, 5.74) is 1.57. The molecule has 0 saturated carbocycles. The molecule has 6 heteroatoms. The van der Waals surface area contributed by atoms with Crippen LogP contribution in [0.5, 0.6) is 0 Å². The van der Waals surface area contributed by atoms with E-state index in [4.69, 9.17) is 0 Å². The van der Waals surface area contributed by atoms with Crippen molar-refractivity contribution in [3.8, 4) is 0 Å². The summed E-state index contributed by atoms with van der Waals surface area (Å²) >= 11 is 0. The van der Waals surface area contributed by atoms with Gasteiger partial charge in [-0.15, -0.1) is 0 Å². The number of benzene rings is 2. The van der Waals surface area contributed by atoms with Crippen LogP contribution in [0.3, 0.4) is 0 Å². The molecule has 0 radical (unpaired) electrons. The number of piperazine rings is 1. The third-order valence-corrected chi connectivity index (χ3v) is 7.63. The molecule has 2 aromatic carbocycles. The Morgan fingerprint density at radius 1 is 0.903 bits per heavy atom. The highest BCUT2D eigenvalue weighted by molar-refractivity contribution is 7.85. The van der Waals surface area contributed by atoms with E-state index < -0.39 is 16.0 Å². The molecule has 3 nitrogen and oxygen atoms in total.